The van der Waals surface area contributed by atoms with Gasteiger partial charge >= 0.3 is 24.1 Å². The van der Waals surface area contributed by atoms with Crippen LogP contribution in [0.15, 0.2) is 72.8 Å². The van der Waals surface area contributed by atoms with Gasteiger partial charge in [-0.1, -0.05) is 57.2 Å². The number of nitrogens with one attached hydrogen (secondary N) is 2. The zero-order valence-electron chi connectivity index (χ0n) is 23.1. The molecule has 3 rings (SSSR count). The molecule has 0 spiro atoms. The molecular formula is C30H30F5N3O4. The van der Waals surface area contributed by atoms with Gasteiger partial charge in [0.2, 0.25) is 0 Å². The Bertz CT molecular complexity index is 1400. The van der Waals surface area contributed by atoms with E-state index in [0.29, 0.717) is 11.3 Å². The normalized spacial score (nSPS) is 12.0. The first-order valence-corrected chi connectivity index (χ1v) is 12.8. The summed E-state index contributed by atoms with van der Waals surface area (Å²) in [4.78, 5) is 37.6. The van der Waals surface area contributed by atoms with Crippen molar-refractivity contribution in [2.24, 2.45) is 0 Å². The average Bonchev–Trinajstić information content (AvgIpc) is 2.90. The molecule has 7 nitrogen and oxygen atoms in total. The summed E-state index contributed by atoms with van der Waals surface area (Å²) in [6, 6.07) is 17.7. The number of nitrogens with zero attached hydrogens (tertiary/aromatic N) is 1. The molecule has 0 aliphatic carbocycles. The van der Waals surface area contributed by atoms with Crippen molar-refractivity contribution in [3.63, 3.8) is 0 Å². The van der Waals surface area contributed by atoms with Crippen molar-refractivity contribution < 1.29 is 41.4 Å². The smallest absolute Gasteiger partial charge is 0.393 e. The second-order valence-corrected chi connectivity index (χ2v) is 10.7. The minimum Gasteiger partial charge on any atom is -0.477 e. The molecule has 0 aromatic heterocycles. The van der Waals surface area contributed by atoms with Gasteiger partial charge in [-0.15, -0.1) is 0 Å². The van der Waals surface area contributed by atoms with Crippen molar-refractivity contribution in [3.8, 4) is 0 Å². The van der Waals surface area contributed by atoms with Gasteiger partial charge in [0, 0.05) is 16.9 Å². The standard InChI is InChI=1S/C30H30F5N3O4/c1-28(2,3)22-10-14-24(15-11-22)38(27(42)37-23-12-6-19(7-13-23)16-30(33,34)35)17-20-4-8-21(9-5-20)25(39)36-18-29(31,32)26(40)41/h4-15H,16-18H2,1-3H3,(H,36,39)(H,37,42)(H,40,41). The number of urea groups is 1. The van der Waals surface area contributed by atoms with Gasteiger partial charge in [-0.25, -0.2) is 9.59 Å². The number of carbonyl (C=O) groups is 3. The van der Waals surface area contributed by atoms with E-state index in [9.17, 15) is 36.3 Å². The van der Waals surface area contributed by atoms with Gasteiger partial charge in [0.1, 0.15) is 0 Å². The Morgan fingerprint density at radius 3 is 1.83 bits per heavy atom. The van der Waals surface area contributed by atoms with Crippen molar-refractivity contribution >= 4 is 29.3 Å². The SMILES string of the molecule is CC(C)(C)c1ccc(N(Cc2ccc(C(=O)NCC(F)(F)C(=O)O)cc2)C(=O)Nc2ccc(CC(F)(F)F)cc2)cc1. The van der Waals surface area contributed by atoms with Gasteiger partial charge in [0.05, 0.1) is 19.5 Å². The highest BCUT2D eigenvalue weighted by molar-refractivity contribution is 6.01. The zero-order valence-corrected chi connectivity index (χ0v) is 23.1. The monoisotopic (exact) mass is 591 g/mol. The summed E-state index contributed by atoms with van der Waals surface area (Å²) >= 11 is 0. The lowest BCUT2D eigenvalue weighted by atomic mass is 9.87. The number of benzene rings is 3. The van der Waals surface area contributed by atoms with Crippen molar-refractivity contribution in [1.29, 1.82) is 0 Å². The molecule has 42 heavy (non-hydrogen) atoms. The lowest BCUT2D eigenvalue weighted by molar-refractivity contribution is -0.163. The Hall–Kier alpha value is -4.48. The molecule has 3 N–H and O–H groups in total. The summed E-state index contributed by atoms with van der Waals surface area (Å²) in [6.45, 7) is 4.75. The number of carbonyl (C=O) groups excluding carboxylic acids is 2. The van der Waals surface area contributed by atoms with Crippen molar-refractivity contribution in [2.75, 3.05) is 16.8 Å². The maximum atomic E-state index is 13.4. The third-order valence-corrected chi connectivity index (χ3v) is 6.24. The summed E-state index contributed by atoms with van der Waals surface area (Å²) in [6.07, 6.45) is -5.45. The predicted molar refractivity (Wildman–Crippen MR) is 148 cm³/mol. The van der Waals surface area contributed by atoms with Crippen LogP contribution >= 0.6 is 0 Å². The first-order chi connectivity index (χ1) is 19.4. The molecule has 3 aromatic carbocycles. The lowest BCUT2D eigenvalue weighted by Crippen LogP contribution is -2.42. The summed E-state index contributed by atoms with van der Waals surface area (Å²) in [5.74, 6) is -7.38. The molecule has 0 aliphatic rings. The van der Waals surface area contributed by atoms with E-state index in [1.165, 1.54) is 53.4 Å². The van der Waals surface area contributed by atoms with Crippen LogP contribution in [0.5, 0.6) is 0 Å². The molecule has 0 radical (unpaired) electrons. The quantitative estimate of drug-likeness (QED) is 0.239. The Balaban J connectivity index is 1.80. The fourth-order valence-corrected chi connectivity index (χ4v) is 3.86. The molecule has 0 bridgehead atoms. The van der Waals surface area contributed by atoms with Gasteiger partial charge in [0.25, 0.3) is 5.91 Å². The van der Waals surface area contributed by atoms with Gasteiger partial charge in [0.15, 0.2) is 0 Å². The number of carboxylic acids is 1. The Morgan fingerprint density at radius 1 is 0.786 bits per heavy atom. The van der Waals surface area contributed by atoms with Crippen molar-refractivity contribution in [2.45, 2.75) is 51.3 Å². The van der Waals surface area contributed by atoms with Crippen LogP contribution in [0.4, 0.5) is 38.1 Å². The third kappa shape index (κ3) is 9.02. The van der Waals surface area contributed by atoms with Crippen LogP contribution in [0.1, 0.15) is 47.8 Å². The number of alkyl halides is 5. The van der Waals surface area contributed by atoms with Gasteiger partial charge in [-0.3, -0.25) is 9.69 Å². The summed E-state index contributed by atoms with van der Waals surface area (Å²) in [7, 11) is 0. The maximum absolute atomic E-state index is 13.4. The average molecular weight is 592 g/mol. The van der Waals surface area contributed by atoms with Gasteiger partial charge in [-0.05, 0) is 58.5 Å². The fraction of sp³-hybridized carbons (Fsp3) is 0.300. The van der Waals surface area contributed by atoms with E-state index in [0.717, 1.165) is 5.56 Å². The van der Waals surface area contributed by atoms with Crippen LogP contribution in [-0.4, -0.2) is 41.7 Å². The molecule has 3 aromatic rings. The maximum Gasteiger partial charge on any atom is 0.393 e. The molecule has 224 valence electrons. The van der Waals surface area contributed by atoms with Crippen LogP contribution in [0.2, 0.25) is 0 Å². The highest BCUT2D eigenvalue weighted by Gasteiger charge is 2.39. The van der Waals surface area contributed by atoms with E-state index in [2.05, 4.69) is 5.32 Å². The minimum absolute atomic E-state index is 0.00409. The molecular weight excluding hydrogens is 561 g/mol. The van der Waals surface area contributed by atoms with Crippen LogP contribution < -0.4 is 15.5 Å². The second kappa shape index (κ2) is 12.6. The predicted octanol–water partition coefficient (Wildman–Crippen LogP) is 6.78. The third-order valence-electron chi connectivity index (χ3n) is 6.24. The number of carboxylic acid groups (broad SMARTS) is 1. The second-order valence-electron chi connectivity index (χ2n) is 10.7. The summed E-state index contributed by atoms with van der Waals surface area (Å²) < 4.78 is 64.7. The van der Waals surface area contributed by atoms with Crippen molar-refractivity contribution in [3.05, 3.63) is 95.1 Å². The van der Waals surface area contributed by atoms with Crippen LogP contribution in [0, 0.1) is 0 Å². The van der Waals surface area contributed by atoms with Crippen LogP contribution in [-0.2, 0) is 23.2 Å². The molecule has 0 aliphatic heterocycles. The van der Waals surface area contributed by atoms with Gasteiger partial charge in [-0.2, -0.15) is 22.0 Å². The topological polar surface area (TPSA) is 98.7 Å². The van der Waals surface area contributed by atoms with Crippen LogP contribution in [0.25, 0.3) is 0 Å². The number of anilines is 2. The lowest BCUT2D eigenvalue weighted by Gasteiger charge is -2.25. The number of halogens is 5. The molecule has 0 heterocycles. The minimum atomic E-state index is -4.36. The Kier molecular flexibility index (Phi) is 9.60. The molecule has 0 fully saturated rings. The van der Waals surface area contributed by atoms with Gasteiger partial charge < -0.3 is 15.7 Å². The number of amides is 3. The number of aliphatic carboxylic acids is 1. The first-order valence-electron chi connectivity index (χ1n) is 12.8. The largest absolute Gasteiger partial charge is 0.477 e. The number of hydrogen-bond donors (Lipinski definition) is 3. The van der Waals surface area contributed by atoms with E-state index in [4.69, 9.17) is 5.11 Å². The molecule has 3 amide bonds. The Morgan fingerprint density at radius 2 is 1.33 bits per heavy atom. The van der Waals surface area contributed by atoms with Crippen molar-refractivity contribution in [1.82, 2.24) is 5.32 Å². The van der Waals surface area contributed by atoms with E-state index in [1.807, 2.05) is 38.2 Å². The van der Waals surface area contributed by atoms with E-state index in [1.54, 1.807) is 12.1 Å². The summed E-state index contributed by atoms with van der Waals surface area (Å²) in [5.41, 5.74) is 2.30. The van der Waals surface area contributed by atoms with E-state index < -0.39 is 43.0 Å². The molecule has 0 atom stereocenters. The molecule has 12 heteroatoms. The molecule has 0 saturated heterocycles. The molecule has 0 unspecified atom stereocenters. The highest BCUT2D eigenvalue weighted by Crippen LogP contribution is 2.27. The Labute approximate surface area is 239 Å². The number of rotatable bonds is 9. The first kappa shape index (κ1) is 32.0. The van der Waals surface area contributed by atoms with E-state index in [-0.39, 0.29) is 28.8 Å². The zero-order chi connectivity index (χ0) is 31.3. The number of hydrogen-bond acceptors (Lipinski definition) is 3. The van der Waals surface area contributed by atoms with E-state index >= 15 is 0 Å². The van der Waals surface area contributed by atoms with Crippen LogP contribution in [0.3, 0.4) is 0 Å². The highest BCUT2D eigenvalue weighted by atomic mass is 19.4. The fourth-order valence-electron chi connectivity index (χ4n) is 3.86. The molecule has 0 saturated carbocycles. The summed E-state index contributed by atoms with van der Waals surface area (Å²) in [5, 5.41) is 13.1.